The van der Waals surface area contributed by atoms with Gasteiger partial charge in [-0.1, -0.05) is 11.8 Å². The van der Waals surface area contributed by atoms with E-state index in [4.69, 9.17) is 0 Å². The van der Waals surface area contributed by atoms with E-state index in [1.54, 1.807) is 13.1 Å². The lowest BCUT2D eigenvalue weighted by Gasteiger charge is -2.04. The first-order valence-electron chi connectivity index (χ1n) is 6.02. The Hall–Kier alpha value is -2.09. The fourth-order valence-corrected chi connectivity index (χ4v) is 2.33. The second kappa shape index (κ2) is 6.38. The molecule has 8 heteroatoms. The molecule has 0 unspecified atom stereocenters. The van der Waals surface area contributed by atoms with Crippen molar-refractivity contribution in [2.75, 3.05) is 12.3 Å². The first kappa shape index (κ1) is 14.3. The minimum absolute atomic E-state index is 0.0255. The van der Waals surface area contributed by atoms with E-state index >= 15 is 0 Å². The molecule has 20 heavy (non-hydrogen) atoms. The number of hydrogen-bond donors (Lipinski definition) is 2. The van der Waals surface area contributed by atoms with Crippen molar-refractivity contribution >= 4 is 17.7 Å². The number of thioether (sulfide) groups is 1. The quantitative estimate of drug-likeness (QED) is 0.612. The SMILES string of the molecule is Cc1ncc(C(=O)NCCSc2nccn2C)c(=O)[nH]1. The van der Waals surface area contributed by atoms with Crippen molar-refractivity contribution in [3.63, 3.8) is 0 Å². The minimum Gasteiger partial charge on any atom is -0.351 e. The zero-order valence-electron chi connectivity index (χ0n) is 11.2. The molecule has 2 aromatic heterocycles. The van der Waals surface area contributed by atoms with E-state index in [1.165, 1.54) is 18.0 Å². The number of rotatable bonds is 5. The Labute approximate surface area is 119 Å². The number of imidazole rings is 1. The zero-order chi connectivity index (χ0) is 14.5. The van der Waals surface area contributed by atoms with Crippen LogP contribution in [0.3, 0.4) is 0 Å². The maximum Gasteiger partial charge on any atom is 0.263 e. The van der Waals surface area contributed by atoms with E-state index in [0.717, 1.165) is 5.16 Å². The average molecular weight is 293 g/mol. The predicted octanol–water partition coefficient (Wildman–Crippen LogP) is 0.334. The van der Waals surface area contributed by atoms with Crippen molar-refractivity contribution in [2.45, 2.75) is 12.1 Å². The van der Waals surface area contributed by atoms with Gasteiger partial charge in [0.25, 0.3) is 11.5 Å². The van der Waals surface area contributed by atoms with E-state index in [9.17, 15) is 9.59 Å². The van der Waals surface area contributed by atoms with Crippen molar-refractivity contribution in [1.82, 2.24) is 24.8 Å². The highest BCUT2D eigenvalue weighted by molar-refractivity contribution is 7.99. The Balaban J connectivity index is 1.83. The highest BCUT2D eigenvalue weighted by atomic mass is 32.2. The Morgan fingerprint density at radius 2 is 2.30 bits per heavy atom. The standard InChI is InChI=1S/C12H15N5O2S/c1-8-15-7-9(11(19)16-8)10(18)13-4-6-20-12-14-3-5-17(12)2/h3,5,7H,4,6H2,1-2H3,(H,13,18)(H,15,16,19). The molecular formula is C12H15N5O2S. The normalized spacial score (nSPS) is 10.5. The monoisotopic (exact) mass is 293 g/mol. The summed E-state index contributed by atoms with van der Waals surface area (Å²) in [6.45, 7) is 2.11. The van der Waals surface area contributed by atoms with Crippen molar-refractivity contribution < 1.29 is 4.79 Å². The van der Waals surface area contributed by atoms with Gasteiger partial charge in [0.2, 0.25) is 0 Å². The number of nitrogens with one attached hydrogen (secondary N) is 2. The third-order valence-electron chi connectivity index (χ3n) is 2.57. The van der Waals surface area contributed by atoms with Crippen LogP contribution in [0.4, 0.5) is 0 Å². The molecule has 2 heterocycles. The van der Waals surface area contributed by atoms with Gasteiger partial charge in [0.05, 0.1) is 0 Å². The van der Waals surface area contributed by atoms with Gasteiger partial charge >= 0.3 is 0 Å². The van der Waals surface area contributed by atoms with Gasteiger partial charge in [0, 0.05) is 37.9 Å². The lowest BCUT2D eigenvalue weighted by molar-refractivity contribution is 0.0954. The summed E-state index contributed by atoms with van der Waals surface area (Å²) >= 11 is 1.53. The van der Waals surface area contributed by atoms with Crippen molar-refractivity contribution in [1.29, 1.82) is 0 Å². The Morgan fingerprint density at radius 1 is 1.50 bits per heavy atom. The molecule has 0 radical (unpaired) electrons. The van der Waals surface area contributed by atoms with Crippen LogP contribution in [0.5, 0.6) is 0 Å². The number of nitrogens with zero attached hydrogens (tertiary/aromatic N) is 3. The molecule has 2 rings (SSSR count). The van der Waals surface area contributed by atoms with Gasteiger partial charge in [0.1, 0.15) is 11.4 Å². The topological polar surface area (TPSA) is 92.7 Å². The lowest BCUT2D eigenvalue weighted by Crippen LogP contribution is -2.31. The molecule has 106 valence electrons. The van der Waals surface area contributed by atoms with Gasteiger partial charge in [-0.15, -0.1) is 0 Å². The van der Waals surface area contributed by atoms with E-state index in [-0.39, 0.29) is 5.56 Å². The number of aromatic amines is 1. The summed E-state index contributed by atoms with van der Waals surface area (Å²) in [4.78, 5) is 33.9. The highest BCUT2D eigenvalue weighted by Gasteiger charge is 2.10. The summed E-state index contributed by atoms with van der Waals surface area (Å²) in [7, 11) is 1.91. The number of H-pyrrole nitrogens is 1. The number of aryl methyl sites for hydroxylation is 2. The third-order valence-corrected chi connectivity index (χ3v) is 3.63. The largest absolute Gasteiger partial charge is 0.351 e. The smallest absolute Gasteiger partial charge is 0.263 e. The van der Waals surface area contributed by atoms with Crippen LogP contribution in [-0.2, 0) is 7.05 Å². The summed E-state index contributed by atoms with van der Waals surface area (Å²) in [5.74, 6) is 0.740. The first-order chi connectivity index (χ1) is 9.58. The van der Waals surface area contributed by atoms with Crippen molar-refractivity contribution in [2.24, 2.45) is 7.05 Å². The third kappa shape index (κ3) is 3.47. The van der Waals surface area contributed by atoms with Crippen LogP contribution in [0.1, 0.15) is 16.2 Å². The maximum absolute atomic E-state index is 11.8. The lowest BCUT2D eigenvalue weighted by atomic mass is 10.3. The fraction of sp³-hybridized carbons (Fsp3) is 0.333. The van der Waals surface area contributed by atoms with Crippen molar-refractivity contribution in [3.8, 4) is 0 Å². The molecular weight excluding hydrogens is 278 g/mol. The Bertz CT molecular complexity index is 664. The molecule has 0 atom stereocenters. The molecule has 0 aliphatic carbocycles. The Morgan fingerprint density at radius 3 is 2.95 bits per heavy atom. The van der Waals surface area contributed by atoms with E-state index in [1.807, 2.05) is 17.8 Å². The second-order valence-electron chi connectivity index (χ2n) is 4.14. The van der Waals surface area contributed by atoms with Crippen LogP contribution in [0.15, 0.2) is 28.5 Å². The van der Waals surface area contributed by atoms with Gasteiger partial charge in [-0.25, -0.2) is 9.97 Å². The summed E-state index contributed by atoms with van der Waals surface area (Å²) in [6.07, 6.45) is 4.87. The van der Waals surface area contributed by atoms with Gasteiger partial charge in [-0.05, 0) is 6.92 Å². The predicted molar refractivity (Wildman–Crippen MR) is 75.9 cm³/mol. The second-order valence-corrected chi connectivity index (χ2v) is 5.20. The van der Waals surface area contributed by atoms with Crippen LogP contribution >= 0.6 is 11.8 Å². The van der Waals surface area contributed by atoms with Gasteiger partial charge in [-0.2, -0.15) is 0 Å². The number of carbonyl (C=O) groups is 1. The summed E-state index contributed by atoms with van der Waals surface area (Å²) in [5, 5.41) is 3.57. The molecule has 1 amide bonds. The zero-order valence-corrected chi connectivity index (χ0v) is 12.0. The number of amides is 1. The molecule has 0 aliphatic rings. The molecule has 0 aromatic carbocycles. The van der Waals surface area contributed by atoms with Gasteiger partial charge in [0.15, 0.2) is 5.16 Å². The molecule has 2 N–H and O–H groups in total. The number of hydrogen-bond acceptors (Lipinski definition) is 5. The number of carbonyl (C=O) groups excluding carboxylic acids is 1. The molecule has 0 saturated heterocycles. The minimum atomic E-state index is -0.424. The van der Waals surface area contributed by atoms with E-state index in [2.05, 4.69) is 20.3 Å². The molecule has 0 bridgehead atoms. The first-order valence-corrected chi connectivity index (χ1v) is 7.00. The summed E-state index contributed by atoms with van der Waals surface area (Å²) < 4.78 is 1.90. The molecule has 2 aromatic rings. The van der Waals surface area contributed by atoms with Crippen LogP contribution in [0, 0.1) is 6.92 Å². The fourth-order valence-electron chi connectivity index (χ4n) is 1.54. The number of aromatic nitrogens is 4. The van der Waals surface area contributed by atoms with Crippen LogP contribution in [-0.4, -0.2) is 37.7 Å². The summed E-state index contributed by atoms with van der Waals surface area (Å²) in [5.41, 5.74) is -0.399. The molecule has 7 nitrogen and oxygen atoms in total. The van der Waals surface area contributed by atoms with E-state index in [0.29, 0.717) is 18.1 Å². The van der Waals surface area contributed by atoms with Gasteiger partial charge < -0.3 is 14.9 Å². The van der Waals surface area contributed by atoms with Crippen LogP contribution in [0.25, 0.3) is 0 Å². The maximum atomic E-state index is 11.8. The van der Waals surface area contributed by atoms with E-state index < -0.39 is 11.5 Å². The molecule has 0 saturated carbocycles. The molecule has 0 fully saturated rings. The average Bonchev–Trinajstić information content (AvgIpc) is 2.80. The molecule has 0 aliphatic heterocycles. The Kier molecular flexibility index (Phi) is 4.57. The van der Waals surface area contributed by atoms with Crippen molar-refractivity contribution in [3.05, 3.63) is 40.3 Å². The van der Waals surface area contributed by atoms with Gasteiger partial charge in [-0.3, -0.25) is 9.59 Å². The highest BCUT2D eigenvalue weighted by Crippen LogP contribution is 2.12. The van der Waals surface area contributed by atoms with Crippen LogP contribution in [0.2, 0.25) is 0 Å². The van der Waals surface area contributed by atoms with Crippen LogP contribution < -0.4 is 10.9 Å². The summed E-state index contributed by atoms with van der Waals surface area (Å²) in [6, 6.07) is 0. The molecule has 0 spiro atoms.